The molecular formula is C13H12N2O2. The highest BCUT2D eigenvalue weighted by molar-refractivity contribution is 6.10. The molecule has 0 saturated heterocycles. The van der Waals surface area contributed by atoms with Gasteiger partial charge in [0.15, 0.2) is 5.78 Å². The topological polar surface area (TPSA) is 52.1 Å². The Morgan fingerprint density at radius 2 is 2.06 bits per heavy atom. The van der Waals surface area contributed by atoms with E-state index < -0.39 is 0 Å². The molecule has 2 aromatic rings. The number of ether oxygens (including phenoxy) is 1. The van der Waals surface area contributed by atoms with E-state index in [0.717, 1.165) is 0 Å². The Bertz CT molecular complexity index is 512. The summed E-state index contributed by atoms with van der Waals surface area (Å²) in [5, 5.41) is 7.34. The van der Waals surface area contributed by atoms with Crippen LogP contribution in [0.1, 0.15) is 22.8 Å². The zero-order chi connectivity index (χ0) is 12.1. The first-order valence-electron chi connectivity index (χ1n) is 5.36. The molecule has 0 aliphatic rings. The zero-order valence-corrected chi connectivity index (χ0v) is 9.46. The second-order valence-electron chi connectivity index (χ2n) is 3.39. The minimum absolute atomic E-state index is 0.107. The fraction of sp³-hybridized carbons (Fsp3) is 0.154. The molecule has 0 bridgehead atoms. The lowest BCUT2D eigenvalue weighted by Gasteiger charge is -2.08. The van der Waals surface area contributed by atoms with Crippen molar-refractivity contribution in [3.8, 4) is 5.75 Å². The van der Waals surface area contributed by atoms with Crippen LogP contribution in [0.5, 0.6) is 5.75 Å². The fourth-order valence-electron chi connectivity index (χ4n) is 1.52. The minimum atomic E-state index is -0.107. The SMILES string of the molecule is CCOc1ccccc1C(=O)c1ccnnc1. The molecule has 0 spiro atoms. The molecule has 0 unspecified atom stereocenters. The van der Waals surface area contributed by atoms with E-state index in [2.05, 4.69) is 10.2 Å². The number of rotatable bonds is 4. The predicted octanol–water partition coefficient (Wildman–Crippen LogP) is 2.11. The molecule has 4 heteroatoms. The van der Waals surface area contributed by atoms with Gasteiger partial charge in [-0.1, -0.05) is 12.1 Å². The van der Waals surface area contributed by atoms with Gasteiger partial charge in [0.25, 0.3) is 0 Å². The summed E-state index contributed by atoms with van der Waals surface area (Å²) in [5.74, 6) is 0.487. The van der Waals surface area contributed by atoms with Crippen LogP contribution >= 0.6 is 0 Å². The first kappa shape index (κ1) is 11.3. The van der Waals surface area contributed by atoms with Gasteiger partial charge in [-0.2, -0.15) is 10.2 Å². The third-order valence-electron chi connectivity index (χ3n) is 2.28. The Balaban J connectivity index is 2.37. The van der Waals surface area contributed by atoms with Gasteiger partial charge in [0.2, 0.25) is 0 Å². The third kappa shape index (κ3) is 2.47. The van der Waals surface area contributed by atoms with Gasteiger partial charge in [-0.25, -0.2) is 0 Å². The molecule has 0 amide bonds. The summed E-state index contributed by atoms with van der Waals surface area (Å²) in [7, 11) is 0. The van der Waals surface area contributed by atoms with Crippen LogP contribution in [0.2, 0.25) is 0 Å². The highest BCUT2D eigenvalue weighted by Crippen LogP contribution is 2.20. The Hall–Kier alpha value is -2.23. The van der Waals surface area contributed by atoms with Gasteiger partial charge in [0.1, 0.15) is 5.75 Å². The maximum atomic E-state index is 12.2. The second kappa shape index (κ2) is 5.21. The smallest absolute Gasteiger partial charge is 0.198 e. The van der Waals surface area contributed by atoms with Crippen LogP contribution in [0.25, 0.3) is 0 Å². The maximum absolute atomic E-state index is 12.2. The van der Waals surface area contributed by atoms with E-state index in [0.29, 0.717) is 23.5 Å². The Morgan fingerprint density at radius 1 is 1.24 bits per heavy atom. The molecule has 1 aromatic carbocycles. The number of nitrogens with zero attached hydrogens (tertiary/aromatic N) is 2. The summed E-state index contributed by atoms with van der Waals surface area (Å²) in [5.41, 5.74) is 1.05. The van der Waals surface area contributed by atoms with E-state index in [1.54, 1.807) is 18.2 Å². The summed E-state index contributed by atoms with van der Waals surface area (Å²) < 4.78 is 5.42. The summed E-state index contributed by atoms with van der Waals surface area (Å²) >= 11 is 0. The molecule has 4 nitrogen and oxygen atoms in total. The first-order chi connectivity index (χ1) is 8.33. The predicted molar refractivity (Wildman–Crippen MR) is 63.1 cm³/mol. The van der Waals surface area contributed by atoms with Crippen LogP contribution in [0, 0.1) is 0 Å². The lowest BCUT2D eigenvalue weighted by atomic mass is 10.0. The average Bonchev–Trinajstić information content (AvgIpc) is 2.40. The standard InChI is InChI=1S/C13H12N2O2/c1-2-17-12-6-4-3-5-11(12)13(16)10-7-8-14-15-9-10/h3-9H,2H2,1H3. The summed E-state index contributed by atoms with van der Waals surface area (Å²) in [6.07, 6.45) is 2.95. The number of hydrogen-bond donors (Lipinski definition) is 0. The molecule has 0 aliphatic heterocycles. The molecule has 0 fully saturated rings. The average molecular weight is 228 g/mol. The fourth-order valence-corrected chi connectivity index (χ4v) is 1.52. The normalized spacial score (nSPS) is 9.94. The number of benzene rings is 1. The summed E-state index contributed by atoms with van der Waals surface area (Å²) in [4.78, 5) is 12.2. The number of carbonyl (C=O) groups is 1. The van der Waals surface area contributed by atoms with Crippen molar-refractivity contribution in [1.29, 1.82) is 0 Å². The van der Waals surface area contributed by atoms with Crippen molar-refractivity contribution in [1.82, 2.24) is 10.2 Å². The van der Waals surface area contributed by atoms with E-state index in [1.807, 2.05) is 19.1 Å². The van der Waals surface area contributed by atoms with E-state index >= 15 is 0 Å². The second-order valence-corrected chi connectivity index (χ2v) is 3.39. The van der Waals surface area contributed by atoms with Crippen molar-refractivity contribution in [2.75, 3.05) is 6.61 Å². The van der Waals surface area contributed by atoms with E-state index in [-0.39, 0.29) is 5.78 Å². The zero-order valence-electron chi connectivity index (χ0n) is 9.46. The summed E-state index contributed by atoms with van der Waals surface area (Å²) in [6, 6.07) is 8.81. The molecule has 0 N–H and O–H groups in total. The van der Waals surface area contributed by atoms with Crippen LogP contribution in [0.15, 0.2) is 42.7 Å². The number of ketones is 1. The maximum Gasteiger partial charge on any atom is 0.198 e. The van der Waals surface area contributed by atoms with Crippen LogP contribution < -0.4 is 4.74 Å². The monoisotopic (exact) mass is 228 g/mol. The van der Waals surface area contributed by atoms with Crippen LogP contribution in [0.3, 0.4) is 0 Å². The summed E-state index contributed by atoms with van der Waals surface area (Å²) in [6.45, 7) is 2.41. The van der Waals surface area contributed by atoms with Crippen LogP contribution in [-0.4, -0.2) is 22.6 Å². The van der Waals surface area contributed by atoms with Gasteiger partial charge in [-0.3, -0.25) is 4.79 Å². The van der Waals surface area contributed by atoms with Crippen molar-refractivity contribution >= 4 is 5.78 Å². The molecule has 0 aliphatic carbocycles. The van der Waals surface area contributed by atoms with Gasteiger partial charge in [0.05, 0.1) is 24.6 Å². The van der Waals surface area contributed by atoms with E-state index in [4.69, 9.17) is 4.74 Å². The Labute approximate surface area is 99.3 Å². The largest absolute Gasteiger partial charge is 0.493 e. The Kier molecular flexibility index (Phi) is 3.45. The number of hydrogen-bond acceptors (Lipinski definition) is 4. The van der Waals surface area contributed by atoms with E-state index in [9.17, 15) is 4.79 Å². The van der Waals surface area contributed by atoms with Crippen LogP contribution in [0.4, 0.5) is 0 Å². The minimum Gasteiger partial charge on any atom is -0.493 e. The number of aromatic nitrogens is 2. The molecule has 0 radical (unpaired) electrons. The van der Waals surface area contributed by atoms with Crippen molar-refractivity contribution in [2.24, 2.45) is 0 Å². The molecular weight excluding hydrogens is 216 g/mol. The van der Waals surface area contributed by atoms with Gasteiger partial charge >= 0.3 is 0 Å². The van der Waals surface area contributed by atoms with Gasteiger partial charge in [-0.15, -0.1) is 0 Å². The van der Waals surface area contributed by atoms with Crippen molar-refractivity contribution in [3.05, 3.63) is 53.9 Å². The number of carbonyl (C=O) groups excluding carboxylic acids is 1. The molecule has 0 atom stereocenters. The van der Waals surface area contributed by atoms with Crippen molar-refractivity contribution in [3.63, 3.8) is 0 Å². The van der Waals surface area contributed by atoms with Crippen molar-refractivity contribution < 1.29 is 9.53 Å². The quantitative estimate of drug-likeness (QED) is 0.752. The molecule has 0 saturated carbocycles. The molecule has 17 heavy (non-hydrogen) atoms. The third-order valence-corrected chi connectivity index (χ3v) is 2.28. The Morgan fingerprint density at radius 3 is 2.76 bits per heavy atom. The lowest BCUT2D eigenvalue weighted by Crippen LogP contribution is -2.05. The molecule has 1 aromatic heterocycles. The number of para-hydroxylation sites is 1. The van der Waals surface area contributed by atoms with E-state index in [1.165, 1.54) is 12.4 Å². The van der Waals surface area contributed by atoms with Crippen molar-refractivity contribution in [2.45, 2.75) is 6.92 Å². The highest BCUT2D eigenvalue weighted by Gasteiger charge is 2.13. The van der Waals surface area contributed by atoms with Crippen LogP contribution in [-0.2, 0) is 0 Å². The highest BCUT2D eigenvalue weighted by atomic mass is 16.5. The molecule has 86 valence electrons. The molecule has 1 heterocycles. The molecule has 2 rings (SSSR count). The lowest BCUT2D eigenvalue weighted by molar-refractivity contribution is 0.103. The van der Waals surface area contributed by atoms with Gasteiger partial charge < -0.3 is 4.74 Å². The van der Waals surface area contributed by atoms with Gasteiger partial charge in [-0.05, 0) is 25.1 Å². The first-order valence-corrected chi connectivity index (χ1v) is 5.36. The van der Waals surface area contributed by atoms with Gasteiger partial charge in [0, 0.05) is 5.56 Å².